The van der Waals surface area contributed by atoms with E-state index in [4.69, 9.17) is 4.74 Å². The van der Waals surface area contributed by atoms with Crippen LogP contribution in [0.1, 0.15) is 28.4 Å². The quantitative estimate of drug-likeness (QED) is 0.762. The molecule has 1 amide bonds. The summed E-state index contributed by atoms with van der Waals surface area (Å²) in [6.45, 7) is 0.965. The summed E-state index contributed by atoms with van der Waals surface area (Å²) in [6.07, 6.45) is 0.189. The van der Waals surface area contributed by atoms with E-state index >= 15 is 0 Å². The number of nitrogens with one attached hydrogen (secondary N) is 1. The van der Waals surface area contributed by atoms with Crippen molar-refractivity contribution in [1.29, 1.82) is 0 Å². The topological polar surface area (TPSA) is 65.6 Å². The SMILES string of the molecule is COc1cccc2[nH]c(C(=O)N3CC[C@H](c4ccccc4)[C@H](O)C3)cc12. The van der Waals surface area contributed by atoms with Crippen LogP contribution in [-0.4, -0.2) is 47.2 Å². The molecule has 2 N–H and O–H groups in total. The van der Waals surface area contributed by atoms with Gasteiger partial charge in [-0.1, -0.05) is 36.4 Å². The Bertz CT molecular complexity index is 919. The summed E-state index contributed by atoms with van der Waals surface area (Å²) in [5.41, 5.74) is 2.52. The van der Waals surface area contributed by atoms with Crippen molar-refractivity contribution >= 4 is 16.8 Å². The number of carbonyl (C=O) groups excluding carboxylic acids is 1. The highest BCUT2D eigenvalue weighted by Gasteiger charge is 2.32. The third-order valence-electron chi connectivity index (χ3n) is 5.17. The number of aliphatic hydroxyl groups excluding tert-OH is 1. The average molecular weight is 350 g/mol. The molecule has 1 aliphatic heterocycles. The summed E-state index contributed by atoms with van der Waals surface area (Å²) in [4.78, 5) is 17.8. The fourth-order valence-electron chi connectivity index (χ4n) is 3.80. The Morgan fingerprint density at radius 3 is 2.73 bits per heavy atom. The average Bonchev–Trinajstić information content (AvgIpc) is 3.12. The highest BCUT2D eigenvalue weighted by molar-refractivity contribution is 5.99. The number of aromatic amines is 1. The second-order valence-electron chi connectivity index (χ2n) is 6.73. The molecule has 26 heavy (non-hydrogen) atoms. The van der Waals surface area contributed by atoms with E-state index in [2.05, 4.69) is 4.98 Å². The van der Waals surface area contributed by atoms with Crippen LogP contribution in [0, 0.1) is 0 Å². The number of β-amino-alcohol motifs (C(OH)–C–C–N with tert-alkyl or cyclic N) is 1. The number of fused-ring (bicyclic) bond motifs is 1. The van der Waals surface area contributed by atoms with Crippen LogP contribution in [0.5, 0.6) is 5.75 Å². The number of carbonyl (C=O) groups is 1. The lowest BCUT2D eigenvalue weighted by atomic mass is 9.87. The summed E-state index contributed by atoms with van der Waals surface area (Å²) in [5.74, 6) is 0.720. The molecule has 5 nitrogen and oxygen atoms in total. The Labute approximate surface area is 152 Å². The van der Waals surface area contributed by atoms with Crippen LogP contribution in [0.4, 0.5) is 0 Å². The molecule has 5 heteroatoms. The van der Waals surface area contributed by atoms with E-state index in [1.54, 1.807) is 12.0 Å². The summed E-state index contributed by atoms with van der Waals surface area (Å²) in [7, 11) is 1.62. The van der Waals surface area contributed by atoms with E-state index < -0.39 is 6.10 Å². The number of hydrogen-bond acceptors (Lipinski definition) is 3. The van der Waals surface area contributed by atoms with Gasteiger partial charge in [0, 0.05) is 29.9 Å². The molecule has 134 valence electrons. The number of benzene rings is 2. The van der Waals surface area contributed by atoms with Crippen LogP contribution in [0.3, 0.4) is 0 Å². The smallest absolute Gasteiger partial charge is 0.270 e. The zero-order valence-electron chi connectivity index (χ0n) is 14.7. The zero-order valence-corrected chi connectivity index (χ0v) is 14.7. The molecule has 1 saturated heterocycles. The fraction of sp³-hybridized carbons (Fsp3) is 0.286. The lowest BCUT2D eigenvalue weighted by molar-refractivity contribution is 0.0378. The first kappa shape index (κ1) is 16.7. The molecular formula is C21H22N2O3. The van der Waals surface area contributed by atoms with Crippen LogP contribution in [-0.2, 0) is 0 Å². The van der Waals surface area contributed by atoms with Gasteiger partial charge in [-0.05, 0) is 30.2 Å². The predicted molar refractivity (Wildman–Crippen MR) is 101 cm³/mol. The third kappa shape index (κ3) is 2.95. The molecule has 0 radical (unpaired) electrons. The Balaban J connectivity index is 1.53. The van der Waals surface area contributed by atoms with Crippen molar-refractivity contribution in [3.63, 3.8) is 0 Å². The van der Waals surface area contributed by atoms with Crippen LogP contribution in [0.15, 0.2) is 54.6 Å². The number of likely N-dealkylation sites (tertiary alicyclic amines) is 1. The molecule has 1 fully saturated rings. The molecular weight excluding hydrogens is 328 g/mol. The minimum absolute atomic E-state index is 0.0723. The number of aromatic nitrogens is 1. The van der Waals surface area contributed by atoms with Gasteiger partial charge in [-0.3, -0.25) is 4.79 Å². The maximum atomic E-state index is 12.9. The lowest BCUT2D eigenvalue weighted by Crippen LogP contribution is -2.45. The number of rotatable bonds is 3. The van der Waals surface area contributed by atoms with Crippen LogP contribution in [0.25, 0.3) is 10.9 Å². The maximum absolute atomic E-state index is 12.9. The second kappa shape index (κ2) is 6.84. The largest absolute Gasteiger partial charge is 0.496 e. The molecule has 2 heterocycles. The fourth-order valence-corrected chi connectivity index (χ4v) is 3.80. The normalized spacial score (nSPS) is 20.3. The molecule has 3 aromatic rings. The number of ether oxygens (including phenoxy) is 1. The van der Waals surface area contributed by atoms with Gasteiger partial charge in [0.25, 0.3) is 5.91 Å². The van der Waals surface area contributed by atoms with Crippen molar-refractivity contribution in [2.45, 2.75) is 18.4 Å². The van der Waals surface area contributed by atoms with Gasteiger partial charge in [-0.25, -0.2) is 0 Å². The number of H-pyrrole nitrogens is 1. The van der Waals surface area contributed by atoms with E-state index in [-0.39, 0.29) is 11.8 Å². The van der Waals surface area contributed by atoms with Crippen molar-refractivity contribution in [3.8, 4) is 5.75 Å². The summed E-state index contributed by atoms with van der Waals surface area (Å²) in [6, 6.07) is 17.5. The Kier molecular flexibility index (Phi) is 4.39. The second-order valence-corrected chi connectivity index (χ2v) is 6.73. The first-order valence-electron chi connectivity index (χ1n) is 8.85. The highest BCUT2D eigenvalue weighted by Crippen LogP contribution is 2.30. The monoisotopic (exact) mass is 350 g/mol. The van der Waals surface area contributed by atoms with Crippen LogP contribution >= 0.6 is 0 Å². The molecule has 2 atom stereocenters. The maximum Gasteiger partial charge on any atom is 0.270 e. The summed E-state index contributed by atoms with van der Waals surface area (Å²) < 4.78 is 5.36. The number of nitrogens with zero attached hydrogens (tertiary/aromatic N) is 1. The number of hydrogen-bond donors (Lipinski definition) is 2. The van der Waals surface area contributed by atoms with Gasteiger partial charge in [-0.2, -0.15) is 0 Å². The van der Waals surface area contributed by atoms with E-state index in [0.717, 1.165) is 28.6 Å². The minimum atomic E-state index is -0.561. The van der Waals surface area contributed by atoms with Crippen molar-refractivity contribution in [1.82, 2.24) is 9.88 Å². The highest BCUT2D eigenvalue weighted by atomic mass is 16.5. The van der Waals surface area contributed by atoms with Gasteiger partial charge in [0.2, 0.25) is 0 Å². The van der Waals surface area contributed by atoms with Gasteiger partial charge < -0.3 is 19.7 Å². The van der Waals surface area contributed by atoms with Crippen molar-refractivity contribution in [2.75, 3.05) is 20.2 Å². The number of amides is 1. The van der Waals surface area contributed by atoms with Crippen molar-refractivity contribution in [3.05, 3.63) is 65.9 Å². The first-order chi connectivity index (χ1) is 12.7. The molecule has 4 rings (SSSR count). The minimum Gasteiger partial charge on any atom is -0.496 e. The molecule has 0 aliphatic carbocycles. The predicted octanol–water partition coefficient (Wildman–Crippen LogP) is 3.17. The molecule has 0 unspecified atom stereocenters. The standard InChI is InChI=1S/C21H22N2O3/c1-26-20-9-5-8-17-16(20)12-18(22-17)21(25)23-11-10-15(19(24)13-23)14-6-3-2-4-7-14/h2-9,12,15,19,22,24H,10-11,13H2,1H3/t15-,19-/m1/s1. The molecule has 1 aliphatic rings. The Morgan fingerprint density at radius 2 is 2.00 bits per heavy atom. The van der Waals surface area contributed by atoms with Crippen molar-refractivity contribution < 1.29 is 14.6 Å². The molecule has 2 aromatic carbocycles. The molecule has 1 aromatic heterocycles. The zero-order chi connectivity index (χ0) is 18.1. The van der Waals surface area contributed by atoms with Gasteiger partial charge in [-0.15, -0.1) is 0 Å². The molecule has 0 bridgehead atoms. The Morgan fingerprint density at radius 1 is 1.19 bits per heavy atom. The van der Waals surface area contributed by atoms with Gasteiger partial charge in [0.15, 0.2) is 0 Å². The Hall–Kier alpha value is -2.79. The van der Waals surface area contributed by atoms with Gasteiger partial charge in [0.05, 0.1) is 13.2 Å². The van der Waals surface area contributed by atoms with Gasteiger partial charge >= 0.3 is 0 Å². The van der Waals surface area contributed by atoms with Crippen LogP contribution < -0.4 is 4.74 Å². The third-order valence-corrected chi connectivity index (χ3v) is 5.17. The van der Waals surface area contributed by atoms with E-state index in [9.17, 15) is 9.90 Å². The number of aliphatic hydroxyl groups is 1. The number of methoxy groups -OCH3 is 1. The van der Waals surface area contributed by atoms with Crippen LogP contribution in [0.2, 0.25) is 0 Å². The van der Waals surface area contributed by atoms with E-state index in [1.807, 2.05) is 54.6 Å². The number of piperidine rings is 1. The molecule has 0 spiro atoms. The lowest BCUT2D eigenvalue weighted by Gasteiger charge is -2.36. The first-order valence-corrected chi connectivity index (χ1v) is 8.85. The summed E-state index contributed by atoms with van der Waals surface area (Å²) >= 11 is 0. The van der Waals surface area contributed by atoms with E-state index in [0.29, 0.717) is 18.8 Å². The van der Waals surface area contributed by atoms with Crippen molar-refractivity contribution in [2.24, 2.45) is 0 Å². The summed E-state index contributed by atoms with van der Waals surface area (Å²) in [5, 5.41) is 11.5. The van der Waals surface area contributed by atoms with E-state index in [1.165, 1.54) is 0 Å². The van der Waals surface area contributed by atoms with Gasteiger partial charge in [0.1, 0.15) is 11.4 Å². The molecule has 0 saturated carbocycles.